The monoisotopic (exact) mass is 292 g/mol. The zero-order valence-corrected chi connectivity index (χ0v) is 12.5. The number of nitro benzene ring substituents is 1. The molecule has 0 unspecified atom stereocenters. The molecule has 1 aliphatic heterocycles. The maximum atomic E-state index is 11.3. The second-order valence-corrected chi connectivity index (χ2v) is 5.49. The minimum atomic E-state index is -0.457. The van der Waals surface area contributed by atoms with Crippen molar-refractivity contribution < 1.29 is 9.72 Å². The van der Waals surface area contributed by atoms with Crippen molar-refractivity contribution in [3.05, 3.63) is 28.3 Å². The third-order valence-corrected chi connectivity index (χ3v) is 3.74. The Balaban J connectivity index is 2.30. The molecule has 2 rings (SSSR count). The van der Waals surface area contributed by atoms with Crippen LogP contribution in [-0.2, 0) is 4.79 Å². The Labute approximate surface area is 123 Å². The van der Waals surface area contributed by atoms with E-state index in [1.807, 2.05) is 14.1 Å². The summed E-state index contributed by atoms with van der Waals surface area (Å²) in [6, 6.07) is 5.05. The SMILES string of the molecule is CC(=O)Nc1cc([N+](=O)[O-])ccc1N1CC[C@H](N(C)C)C1. The second-order valence-electron chi connectivity index (χ2n) is 5.49. The number of likely N-dealkylation sites (N-methyl/N-ethyl adjacent to an activating group) is 1. The Morgan fingerprint density at radius 3 is 2.71 bits per heavy atom. The van der Waals surface area contributed by atoms with Gasteiger partial charge in [0.05, 0.1) is 16.3 Å². The van der Waals surface area contributed by atoms with Crippen LogP contribution in [0.3, 0.4) is 0 Å². The van der Waals surface area contributed by atoms with Gasteiger partial charge in [-0.25, -0.2) is 0 Å². The van der Waals surface area contributed by atoms with Crippen molar-refractivity contribution in [1.29, 1.82) is 0 Å². The fraction of sp³-hybridized carbons (Fsp3) is 0.500. The van der Waals surface area contributed by atoms with Crippen LogP contribution in [0.2, 0.25) is 0 Å². The van der Waals surface area contributed by atoms with Crippen LogP contribution < -0.4 is 10.2 Å². The first-order valence-electron chi connectivity index (χ1n) is 6.86. The van der Waals surface area contributed by atoms with Gasteiger partial charge >= 0.3 is 0 Å². The van der Waals surface area contributed by atoms with E-state index in [-0.39, 0.29) is 11.6 Å². The molecule has 1 atom stereocenters. The van der Waals surface area contributed by atoms with Crippen molar-refractivity contribution in [3.8, 4) is 0 Å². The van der Waals surface area contributed by atoms with E-state index in [1.165, 1.54) is 19.1 Å². The van der Waals surface area contributed by atoms with Gasteiger partial charge in [-0.2, -0.15) is 0 Å². The fourth-order valence-corrected chi connectivity index (χ4v) is 2.59. The molecular weight excluding hydrogens is 272 g/mol. The van der Waals surface area contributed by atoms with Gasteiger partial charge in [0, 0.05) is 38.2 Å². The number of carbonyl (C=O) groups is 1. The van der Waals surface area contributed by atoms with E-state index in [0.29, 0.717) is 11.7 Å². The number of rotatable bonds is 4. The number of nitrogens with zero attached hydrogens (tertiary/aromatic N) is 3. The Kier molecular flexibility index (Phi) is 4.42. The fourth-order valence-electron chi connectivity index (χ4n) is 2.59. The van der Waals surface area contributed by atoms with Gasteiger partial charge in [-0.1, -0.05) is 0 Å². The molecule has 0 saturated carbocycles. The highest BCUT2D eigenvalue weighted by atomic mass is 16.6. The molecule has 1 fully saturated rings. The molecule has 1 amide bonds. The number of carbonyl (C=O) groups excluding carboxylic acids is 1. The summed E-state index contributed by atoms with van der Waals surface area (Å²) in [7, 11) is 4.08. The van der Waals surface area contributed by atoms with Crippen LogP contribution in [-0.4, -0.2) is 49.0 Å². The third kappa shape index (κ3) is 3.49. The summed E-state index contributed by atoms with van der Waals surface area (Å²) >= 11 is 0. The summed E-state index contributed by atoms with van der Waals surface area (Å²) in [5.41, 5.74) is 1.31. The van der Waals surface area contributed by atoms with E-state index >= 15 is 0 Å². The Bertz CT molecular complexity index is 559. The highest BCUT2D eigenvalue weighted by molar-refractivity contribution is 5.93. The summed E-state index contributed by atoms with van der Waals surface area (Å²) in [4.78, 5) is 26.1. The van der Waals surface area contributed by atoms with Crippen LogP contribution in [0.1, 0.15) is 13.3 Å². The van der Waals surface area contributed by atoms with E-state index in [9.17, 15) is 14.9 Å². The maximum Gasteiger partial charge on any atom is 0.271 e. The van der Waals surface area contributed by atoms with Crippen molar-refractivity contribution in [3.63, 3.8) is 0 Å². The predicted molar refractivity (Wildman–Crippen MR) is 81.7 cm³/mol. The zero-order chi connectivity index (χ0) is 15.6. The minimum absolute atomic E-state index is 0.0224. The molecule has 1 aromatic carbocycles. The first-order valence-corrected chi connectivity index (χ1v) is 6.86. The highest BCUT2D eigenvalue weighted by Gasteiger charge is 2.26. The number of hydrogen-bond donors (Lipinski definition) is 1. The molecule has 0 radical (unpaired) electrons. The van der Waals surface area contributed by atoms with E-state index in [4.69, 9.17) is 0 Å². The van der Waals surface area contributed by atoms with Crippen LogP contribution >= 0.6 is 0 Å². The molecule has 1 aliphatic rings. The summed E-state index contributed by atoms with van der Waals surface area (Å²) in [6.07, 6.45) is 1.03. The van der Waals surface area contributed by atoms with Crippen LogP contribution in [0.4, 0.5) is 17.1 Å². The van der Waals surface area contributed by atoms with Crippen molar-refractivity contribution in [2.24, 2.45) is 0 Å². The van der Waals surface area contributed by atoms with Crippen molar-refractivity contribution in [2.75, 3.05) is 37.4 Å². The normalized spacial score (nSPS) is 18.1. The van der Waals surface area contributed by atoms with Crippen molar-refractivity contribution in [2.45, 2.75) is 19.4 Å². The van der Waals surface area contributed by atoms with Gasteiger partial charge in [-0.15, -0.1) is 0 Å². The van der Waals surface area contributed by atoms with Gasteiger partial charge in [0.2, 0.25) is 5.91 Å². The Morgan fingerprint density at radius 2 is 2.19 bits per heavy atom. The molecule has 114 valence electrons. The number of nitro groups is 1. The second kappa shape index (κ2) is 6.09. The van der Waals surface area contributed by atoms with E-state index in [1.54, 1.807) is 6.07 Å². The third-order valence-electron chi connectivity index (χ3n) is 3.74. The summed E-state index contributed by atoms with van der Waals surface area (Å²) in [6.45, 7) is 3.11. The number of hydrogen-bond acceptors (Lipinski definition) is 5. The number of anilines is 2. The minimum Gasteiger partial charge on any atom is -0.368 e. The number of benzene rings is 1. The maximum absolute atomic E-state index is 11.3. The van der Waals surface area contributed by atoms with Crippen LogP contribution in [0, 0.1) is 10.1 Å². The van der Waals surface area contributed by atoms with Crippen molar-refractivity contribution in [1.82, 2.24) is 4.90 Å². The van der Waals surface area contributed by atoms with Gasteiger partial charge in [0.15, 0.2) is 0 Å². The quantitative estimate of drug-likeness (QED) is 0.675. The van der Waals surface area contributed by atoms with Gasteiger partial charge in [0.25, 0.3) is 5.69 Å². The average molecular weight is 292 g/mol. The molecule has 0 spiro atoms. The van der Waals surface area contributed by atoms with E-state index < -0.39 is 4.92 Å². The first-order chi connectivity index (χ1) is 9.88. The van der Waals surface area contributed by atoms with Gasteiger partial charge in [-0.05, 0) is 26.6 Å². The lowest BCUT2D eigenvalue weighted by Gasteiger charge is -2.23. The first kappa shape index (κ1) is 15.2. The molecule has 1 saturated heterocycles. The lowest BCUT2D eigenvalue weighted by molar-refractivity contribution is -0.384. The summed E-state index contributed by atoms with van der Waals surface area (Å²) in [5.74, 6) is -0.236. The molecule has 0 aromatic heterocycles. The average Bonchev–Trinajstić information content (AvgIpc) is 2.87. The Morgan fingerprint density at radius 1 is 1.48 bits per heavy atom. The molecule has 0 bridgehead atoms. The van der Waals surface area contributed by atoms with Gasteiger partial charge < -0.3 is 15.1 Å². The molecule has 1 heterocycles. The van der Waals surface area contributed by atoms with E-state index in [2.05, 4.69) is 15.1 Å². The van der Waals surface area contributed by atoms with Crippen molar-refractivity contribution >= 4 is 23.0 Å². The van der Waals surface area contributed by atoms with Gasteiger partial charge in [-0.3, -0.25) is 14.9 Å². The highest BCUT2D eigenvalue weighted by Crippen LogP contribution is 2.33. The lowest BCUT2D eigenvalue weighted by Crippen LogP contribution is -2.31. The number of amides is 1. The Hall–Kier alpha value is -2.15. The predicted octanol–water partition coefficient (Wildman–Crippen LogP) is 1.69. The topological polar surface area (TPSA) is 78.7 Å². The number of non-ortho nitro benzene ring substituents is 1. The molecule has 1 N–H and O–H groups in total. The lowest BCUT2D eigenvalue weighted by atomic mass is 10.2. The largest absolute Gasteiger partial charge is 0.368 e. The number of nitrogens with one attached hydrogen (secondary N) is 1. The van der Waals surface area contributed by atoms with Crippen LogP contribution in [0.25, 0.3) is 0 Å². The zero-order valence-electron chi connectivity index (χ0n) is 12.5. The standard InChI is InChI=1S/C14H20N4O3/c1-10(19)15-13-8-11(18(20)21)4-5-14(13)17-7-6-12(9-17)16(2)3/h4-5,8,12H,6-7,9H2,1-3H3,(H,15,19)/t12-/m0/s1. The van der Waals surface area contributed by atoms with Crippen LogP contribution in [0.15, 0.2) is 18.2 Å². The summed E-state index contributed by atoms with van der Waals surface area (Å²) < 4.78 is 0. The molecule has 7 nitrogen and oxygen atoms in total. The molecule has 21 heavy (non-hydrogen) atoms. The van der Waals surface area contributed by atoms with Crippen LogP contribution in [0.5, 0.6) is 0 Å². The molecular formula is C14H20N4O3. The molecule has 7 heteroatoms. The molecule has 0 aliphatic carbocycles. The van der Waals surface area contributed by atoms with E-state index in [0.717, 1.165) is 25.2 Å². The summed E-state index contributed by atoms with van der Waals surface area (Å²) in [5, 5.41) is 13.6. The molecule has 1 aromatic rings. The van der Waals surface area contributed by atoms with Gasteiger partial charge in [0.1, 0.15) is 0 Å². The smallest absolute Gasteiger partial charge is 0.271 e.